The van der Waals surface area contributed by atoms with Crippen molar-refractivity contribution in [3.63, 3.8) is 0 Å². The van der Waals surface area contributed by atoms with Crippen molar-refractivity contribution >= 4 is 55.7 Å². The van der Waals surface area contributed by atoms with Gasteiger partial charge >= 0.3 is 5.82 Å². The van der Waals surface area contributed by atoms with Gasteiger partial charge in [-0.25, -0.2) is 9.97 Å². The van der Waals surface area contributed by atoms with E-state index in [-0.39, 0.29) is 36.7 Å². The molecule has 240 valence electrons. The Morgan fingerprint density at radius 1 is 1.13 bits per heavy atom. The molecule has 0 radical (unpaired) electrons. The highest BCUT2D eigenvalue weighted by atomic mass is 79.9. The third-order valence-electron chi connectivity index (χ3n) is 7.15. The second kappa shape index (κ2) is 14.3. The van der Waals surface area contributed by atoms with Gasteiger partial charge < -0.3 is 30.4 Å². The number of ketones is 1. The van der Waals surface area contributed by atoms with Crippen LogP contribution in [0.5, 0.6) is 5.75 Å². The Morgan fingerprint density at radius 3 is 2.68 bits per heavy atom. The second-order valence-corrected chi connectivity index (χ2v) is 12.3. The molecule has 1 aliphatic rings. The van der Waals surface area contributed by atoms with Crippen LogP contribution in [-0.2, 0) is 22.6 Å². The van der Waals surface area contributed by atoms with E-state index in [1.165, 1.54) is 12.4 Å². The summed E-state index contributed by atoms with van der Waals surface area (Å²) >= 11 is 3.57. The summed E-state index contributed by atoms with van der Waals surface area (Å²) in [5, 5.41) is 15.4. The van der Waals surface area contributed by atoms with Gasteiger partial charge in [-0.05, 0) is 74.4 Å². The highest BCUT2D eigenvalue weighted by Gasteiger charge is 2.35. The number of amides is 1. The van der Waals surface area contributed by atoms with Crippen LogP contribution in [0.3, 0.4) is 0 Å². The Balaban J connectivity index is 1.21. The van der Waals surface area contributed by atoms with Crippen molar-refractivity contribution in [3.8, 4) is 5.75 Å². The number of halogens is 1. The zero-order chi connectivity index (χ0) is 33.6. The number of nitrogens with zero attached hydrogens (tertiary/aromatic N) is 7. The van der Waals surface area contributed by atoms with Crippen LogP contribution in [-0.4, -0.2) is 73.9 Å². The molecule has 0 saturated carbocycles. The van der Waals surface area contributed by atoms with Crippen LogP contribution in [0, 0.1) is 10.1 Å². The minimum absolute atomic E-state index is 0.0306. The number of likely N-dealkylation sites (N-methyl/N-ethyl adjacent to an activating group) is 1. The zero-order valence-corrected chi connectivity index (χ0v) is 27.2. The number of quaternary nitrogens is 1. The Kier molecular flexibility index (Phi) is 10.1. The average Bonchev–Trinajstić information content (AvgIpc) is 3.45. The Morgan fingerprint density at radius 2 is 1.96 bits per heavy atom. The quantitative estimate of drug-likeness (QED) is 0.0840. The normalized spacial score (nSPS) is 13.2. The van der Waals surface area contributed by atoms with Gasteiger partial charge in [0, 0.05) is 23.0 Å². The number of hydrogen-bond acceptors (Lipinski definition) is 11. The minimum Gasteiger partial charge on any atom is -0.486 e. The monoisotopic (exact) mass is 700 g/mol. The lowest BCUT2D eigenvalue weighted by atomic mass is 10.1. The number of aromatic nitrogens is 4. The van der Waals surface area contributed by atoms with E-state index in [4.69, 9.17) is 10.5 Å². The highest BCUT2D eigenvalue weighted by molar-refractivity contribution is 9.10. The molecule has 3 aromatic heterocycles. The van der Waals surface area contributed by atoms with Crippen LogP contribution in [0.4, 0.5) is 11.5 Å². The van der Waals surface area contributed by atoms with Gasteiger partial charge in [0.15, 0.2) is 5.78 Å². The summed E-state index contributed by atoms with van der Waals surface area (Å²) in [6.45, 7) is 0.997. The SMILES string of the molecule is C[N+](C)(C/C=C/C(=O)Cc1cc2c(Nc3ccc(OCc4ccccn4)c(Br)c3)ncnc2cn1)CC1=C([N+](=O)[O-])N=C(C(N)=O)C1. The number of nitrogens with one attached hydrogen (secondary N) is 1. The number of nitrogens with two attached hydrogens (primary N) is 1. The van der Waals surface area contributed by atoms with Gasteiger partial charge in [-0.2, -0.15) is 0 Å². The molecule has 3 N–H and O–H groups in total. The molecule has 0 fully saturated rings. The summed E-state index contributed by atoms with van der Waals surface area (Å²) < 4.78 is 6.94. The van der Waals surface area contributed by atoms with Crippen molar-refractivity contribution in [2.24, 2.45) is 10.7 Å². The van der Waals surface area contributed by atoms with E-state index in [1.54, 1.807) is 24.5 Å². The number of rotatable bonds is 14. The molecule has 1 amide bonds. The largest absolute Gasteiger partial charge is 0.486 e. The zero-order valence-electron chi connectivity index (χ0n) is 25.6. The molecule has 0 aliphatic carbocycles. The van der Waals surface area contributed by atoms with Crippen LogP contribution in [0.25, 0.3) is 10.9 Å². The highest BCUT2D eigenvalue weighted by Crippen LogP contribution is 2.31. The summed E-state index contributed by atoms with van der Waals surface area (Å²) in [6, 6.07) is 13.0. The van der Waals surface area contributed by atoms with E-state index in [2.05, 4.69) is 46.2 Å². The molecule has 15 heteroatoms. The summed E-state index contributed by atoms with van der Waals surface area (Å²) in [5.74, 6) is -0.0814. The van der Waals surface area contributed by atoms with E-state index in [0.717, 1.165) is 15.9 Å². The molecule has 4 heterocycles. The molecule has 0 spiro atoms. The van der Waals surface area contributed by atoms with Gasteiger partial charge in [0.2, 0.25) is 5.71 Å². The fourth-order valence-electron chi connectivity index (χ4n) is 4.92. The molecule has 14 nitrogen and oxygen atoms in total. The smallest absolute Gasteiger partial charge is 0.369 e. The molecule has 1 aliphatic heterocycles. The number of aliphatic imine (C=N–C) groups is 1. The van der Waals surface area contributed by atoms with Crippen molar-refractivity contribution in [1.29, 1.82) is 0 Å². The molecule has 47 heavy (non-hydrogen) atoms. The van der Waals surface area contributed by atoms with Gasteiger partial charge in [0.1, 0.15) is 31.0 Å². The molecule has 0 unspecified atom stereocenters. The van der Waals surface area contributed by atoms with Crippen molar-refractivity contribution < 1.29 is 23.7 Å². The van der Waals surface area contributed by atoms with Gasteiger partial charge in [0.25, 0.3) is 5.91 Å². The number of fused-ring (bicyclic) bond motifs is 1. The maximum absolute atomic E-state index is 12.9. The molecule has 5 rings (SSSR count). The summed E-state index contributed by atoms with van der Waals surface area (Å²) in [7, 11) is 3.73. The predicted octanol–water partition coefficient (Wildman–Crippen LogP) is 4.07. The van der Waals surface area contributed by atoms with Crippen LogP contribution in [0.2, 0.25) is 0 Å². The number of nitro groups is 1. The van der Waals surface area contributed by atoms with Crippen molar-refractivity contribution in [1.82, 2.24) is 19.9 Å². The Labute approximate surface area is 278 Å². The molecule has 1 aromatic carbocycles. The van der Waals surface area contributed by atoms with Gasteiger partial charge in [-0.15, -0.1) is 0 Å². The average molecular weight is 702 g/mol. The fraction of sp³-hybridized carbons (Fsp3) is 0.219. The number of carbonyl (C=O) groups is 2. The molecule has 0 bridgehead atoms. The summed E-state index contributed by atoms with van der Waals surface area (Å²) in [4.78, 5) is 56.4. The number of hydrogen-bond donors (Lipinski definition) is 2. The lowest BCUT2D eigenvalue weighted by Gasteiger charge is -2.28. The maximum Gasteiger partial charge on any atom is 0.369 e. The van der Waals surface area contributed by atoms with Crippen molar-refractivity contribution in [3.05, 3.63) is 111 Å². The van der Waals surface area contributed by atoms with Gasteiger partial charge in [-0.1, -0.05) is 6.07 Å². The molecule has 0 atom stereocenters. The van der Waals surface area contributed by atoms with E-state index in [1.807, 2.05) is 50.5 Å². The first-order valence-corrected chi connectivity index (χ1v) is 15.2. The lowest BCUT2D eigenvalue weighted by Crippen LogP contribution is -2.41. The predicted molar refractivity (Wildman–Crippen MR) is 178 cm³/mol. The molecular weight excluding hydrogens is 670 g/mol. The number of benzene rings is 1. The number of primary amides is 1. The van der Waals surface area contributed by atoms with Crippen molar-refractivity contribution in [2.75, 3.05) is 32.5 Å². The molecular formula is C32H31BrN9O5+. The third kappa shape index (κ3) is 8.65. The van der Waals surface area contributed by atoms with Crippen LogP contribution in [0.15, 0.2) is 94.2 Å². The number of anilines is 2. The van der Waals surface area contributed by atoms with Gasteiger partial charge in [0.05, 0.1) is 60.9 Å². The molecule has 0 saturated heterocycles. The first-order chi connectivity index (χ1) is 22.5. The second-order valence-electron chi connectivity index (χ2n) is 11.4. The van der Waals surface area contributed by atoms with Crippen molar-refractivity contribution in [2.45, 2.75) is 19.4 Å². The number of ether oxygens (including phenoxy) is 1. The number of pyridine rings is 2. The van der Waals surface area contributed by atoms with E-state index in [9.17, 15) is 19.7 Å². The van der Waals surface area contributed by atoms with E-state index in [0.29, 0.717) is 51.4 Å². The number of carbonyl (C=O) groups excluding carboxylic acids is 2. The topological polar surface area (TPSA) is 188 Å². The van der Waals surface area contributed by atoms with Crippen LogP contribution < -0.4 is 15.8 Å². The third-order valence-corrected chi connectivity index (χ3v) is 7.77. The van der Waals surface area contributed by atoms with Gasteiger partial charge in [-0.3, -0.25) is 19.6 Å². The lowest BCUT2D eigenvalue weighted by molar-refractivity contribution is -0.880. The minimum atomic E-state index is -0.781. The Hall–Kier alpha value is -5.41. The van der Waals surface area contributed by atoms with E-state index < -0.39 is 10.8 Å². The number of allylic oxidation sites excluding steroid dienone is 1. The standard InChI is InChI=1S/C32H30BrN9O5/c1-42(2,17-20-12-27(30(34)44)40-32(20)41(45)46)11-5-7-24(43)13-23-14-25-28(16-36-23)37-19-38-31(25)39-21-8-9-29(26(33)15-21)47-18-22-6-3-4-10-35-22/h3-10,14-16,19H,11-13,17-18H2,1-2H3,(H2-,34,37,38,39,44)/p+1/b7-5+. The Bertz CT molecular complexity index is 1940. The maximum atomic E-state index is 12.9. The first-order valence-electron chi connectivity index (χ1n) is 14.4. The van der Waals surface area contributed by atoms with Crippen LogP contribution >= 0.6 is 15.9 Å². The van der Waals surface area contributed by atoms with Crippen LogP contribution in [0.1, 0.15) is 17.8 Å². The molecule has 4 aromatic rings. The first kappa shape index (κ1) is 33.0. The fourth-order valence-corrected chi connectivity index (χ4v) is 5.41. The summed E-state index contributed by atoms with van der Waals surface area (Å²) in [5.41, 5.74) is 8.39. The summed E-state index contributed by atoms with van der Waals surface area (Å²) in [6.07, 6.45) is 8.04. The van der Waals surface area contributed by atoms with E-state index >= 15 is 0 Å².